The highest BCUT2D eigenvalue weighted by molar-refractivity contribution is 5.93. The maximum Gasteiger partial charge on any atom is 0.228 e. The zero-order valence-corrected chi connectivity index (χ0v) is 15.0. The Bertz CT molecular complexity index is 735. The number of carbonyl (C=O) groups excluding carboxylic acids is 1. The maximum absolute atomic E-state index is 12.4. The van der Waals surface area contributed by atoms with Crippen molar-refractivity contribution in [2.24, 2.45) is 5.92 Å². The molecule has 6 heteroatoms. The molecule has 0 aliphatic carbocycles. The summed E-state index contributed by atoms with van der Waals surface area (Å²) in [6, 6.07) is 5.20. The maximum atomic E-state index is 12.4. The van der Waals surface area contributed by atoms with Gasteiger partial charge in [-0.15, -0.1) is 0 Å². The molecule has 1 amide bonds. The zero-order valence-electron chi connectivity index (χ0n) is 15.0. The minimum atomic E-state index is -0.0881. The lowest BCUT2D eigenvalue weighted by Gasteiger charge is -2.10. The number of nitrogens with two attached hydrogens (primary N) is 1. The van der Waals surface area contributed by atoms with Crippen LogP contribution in [0, 0.1) is 19.8 Å². The number of anilines is 2. The second-order valence-corrected chi connectivity index (χ2v) is 6.41. The van der Waals surface area contributed by atoms with E-state index in [4.69, 9.17) is 10.5 Å². The van der Waals surface area contributed by atoms with Gasteiger partial charge in [-0.1, -0.05) is 13.8 Å². The third-order valence-corrected chi connectivity index (χ3v) is 3.92. The molecular formula is C18H26N4O2. The van der Waals surface area contributed by atoms with Gasteiger partial charge in [0.25, 0.3) is 0 Å². The van der Waals surface area contributed by atoms with Crippen LogP contribution in [-0.2, 0) is 17.8 Å². The molecule has 3 N–H and O–H groups in total. The third kappa shape index (κ3) is 4.07. The summed E-state index contributed by atoms with van der Waals surface area (Å²) in [5.74, 6) is 1.01. The monoisotopic (exact) mass is 330 g/mol. The van der Waals surface area contributed by atoms with Gasteiger partial charge in [-0.25, -0.2) is 0 Å². The fraction of sp³-hybridized carbons (Fsp3) is 0.444. The molecule has 0 spiro atoms. The molecule has 1 aromatic carbocycles. The zero-order chi connectivity index (χ0) is 17.9. The van der Waals surface area contributed by atoms with Crippen LogP contribution >= 0.6 is 0 Å². The van der Waals surface area contributed by atoms with E-state index in [-0.39, 0.29) is 5.91 Å². The van der Waals surface area contributed by atoms with Gasteiger partial charge in [0.05, 0.1) is 24.9 Å². The molecule has 0 fully saturated rings. The van der Waals surface area contributed by atoms with Gasteiger partial charge in [0.1, 0.15) is 5.75 Å². The highest BCUT2D eigenvalue weighted by atomic mass is 16.5. The average molecular weight is 330 g/mol. The number of hydrogen-bond acceptors (Lipinski definition) is 4. The number of nitrogen functional groups attached to an aromatic ring is 1. The Kier molecular flexibility index (Phi) is 5.49. The molecule has 0 unspecified atom stereocenters. The fourth-order valence-corrected chi connectivity index (χ4v) is 2.69. The number of nitrogens with zero attached hydrogens (tertiary/aromatic N) is 2. The highest BCUT2D eigenvalue weighted by Gasteiger charge is 2.16. The normalized spacial score (nSPS) is 10.9. The van der Waals surface area contributed by atoms with E-state index in [0.717, 1.165) is 23.5 Å². The first-order valence-electron chi connectivity index (χ1n) is 8.08. The number of nitrogens with one attached hydrogen (secondary N) is 1. The standard InChI is InChI=1S/C18H26N4O2/c1-11(2)10-22-13(4)15(12(3)21-22)9-18(23)20-14-6-7-17(24-5)16(19)8-14/h6-8,11H,9-10,19H2,1-5H3,(H,20,23). The van der Waals surface area contributed by atoms with Crippen LogP contribution in [-0.4, -0.2) is 22.8 Å². The van der Waals surface area contributed by atoms with E-state index in [1.807, 2.05) is 18.5 Å². The number of carbonyl (C=O) groups is 1. The van der Waals surface area contributed by atoms with Gasteiger partial charge in [0.2, 0.25) is 5.91 Å². The molecule has 130 valence electrons. The van der Waals surface area contributed by atoms with Crippen molar-refractivity contribution in [1.29, 1.82) is 0 Å². The molecule has 2 rings (SSSR count). The van der Waals surface area contributed by atoms with Gasteiger partial charge in [-0.2, -0.15) is 5.10 Å². The molecule has 0 saturated heterocycles. The van der Waals surface area contributed by atoms with Crippen LogP contribution in [0.4, 0.5) is 11.4 Å². The van der Waals surface area contributed by atoms with Crippen LogP contribution in [0.2, 0.25) is 0 Å². The van der Waals surface area contributed by atoms with Crippen molar-refractivity contribution in [3.8, 4) is 5.75 Å². The van der Waals surface area contributed by atoms with Gasteiger partial charge >= 0.3 is 0 Å². The average Bonchev–Trinajstić information content (AvgIpc) is 2.74. The Hall–Kier alpha value is -2.50. The Morgan fingerprint density at radius 1 is 1.38 bits per heavy atom. The van der Waals surface area contributed by atoms with Gasteiger partial charge in [0.15, 0.2) is 0 Å². The van der Waals surface area contributed by atoms with Gasteiger partial charge in [-0.05, 0) is 38.0 Å². The van der Waals surface area contributed by atoms with Crippen molar-refractivity contribution in [2.45, 2.75) is 40.7 Å². The second-order valence-electron chi connectivity index (χ2n) is 6.41. The van der Waals surface area contributed by atoms with E-state index in [9.17, 15) is 4.79 Å². The van der Waals surface area contributed by atoms with E-state index < -0.39 is 0 Å². The second kappa shape index (κ2) is 7.38. The van der Waals surface area contributed by atoms with Crippen molar-refractivity contribution in [3.63, 3.8) is 0 Å². The molecule has 1 heterocycles. The van der Waals surface area contributed by atoms with Crippen LogP contribution < -0.4 is 15.8 Å². The van der Waals surface area contributed by atoms with E-state index in [1.165, 1.54) is 0 Å². The summed E-state index contributed by atoms with van der Waals surface area (Å²) < 4.78 is 7.10. The predicted octanol–water partition coefficient (Wildman–Crippen LogP) is 2.93. The van der Waals surface area contributed by atoms with Gasteiger partial charge in [-0.3, -0.25) is 9.48 Å². The summed E-state index contributed by atoms with van der Waals surface area (Å²) >= 11 is 0. The molecule has 0 saturated carbocycles. The van der Waals surface area contributed by atoms with Crippen LogP contribution in [0.3, 0.4) is 0 Å². The minimum Gasteiger partial charge on any atom is -0.495 e. The van der Waals surface area contributed by atoms with Crippen LogP contribution in [0.5, 0.6) is 5.75 Å². The van der Waals surface area contributed by atoms with Crippen molar-refractivity contribution in [3.05, 3.63) is 35.2 Å². The summed E-state index contributed by atoms with van der Waals surface area (Å²) in [5, 5.41) is 7.42. The summed E-state index contributed by atoms with van der Waals surface area (Å²) in [6.07, 6.45) is 0.293. The van der Waals surface area contributed by atoms with Crippen LogP contribution in [0.25, 0.3) is 0 Å². The van der Waals surface area contributed by atoms with Crippen LogP contribution in [0.1, 0.15) is 30.8 Å². The lowest BCUT2D eigenvalue weighted by molar-refractivity contribution is -0.115. The molecule has 2 aromatic rings. The molecule has 0 bridgehead atoms. The number of hydrogen-bond donors (Lipinski definition) is 2. The van der Waals surface area contributed by atoms with E-state index >= 15 is 0 Å². The first-order chi connectivity index (χ1) is 11.3. The Balaban J connectivity index is 2.10. The molecule has 0 aliphatic heterocycles. The van der Waals surface area contributed by atoms with Crippen molar-refractivity contribution >= 4 is 17.3 Å². The molecule has 0 aliphatic rings. The number of benzene rings is 1. The largest absolute Gasteiger partial charge is 0.495 e. The molecule has 0 atom stereocenters. The van der Waals surface area contributed by atoms with Crippen molar-refractivity contribution in [2.75, 3.05) is 18.2 Å². The lowest BCUT2D eigenvalue weighted by Crippen LogP contribution is -2.16. The number of rotatable bonds is 6. The highest BCUT2D eigenvalue weighted by Crippen LogP contribution is 2.25. The van der Waals surface area contributed by atoms with Crippen molar-refractivity contribution in [1.82, 2.24) is 9.78 Å². The molecule has 6 nitrogen and oxygen atoms in total. The number of aromatic nitrogens is 2. The Morgan fingerprint density at radius 2 is 2.08 bits per heavy atom. The van der Waals surface area contributed by atoms with Gasteiger partial charge in [0, 0.05) is 23.5 Å². The quantitative estimate of drug-likeness (QED) is 0.798. The van der Waals surface area contributed by atoms with Crippen molar-refractivity contribution < 1.29 is 9.53 Å². The minimum absolute atomic E-state index is 0.0881. The fourth-order valence-electron chi connectivity index (χ4n) is 2.69. The third-order valence-electron chi connectivity index (χ3n) is 3.92. The molecular weight excluding hydrogens is 304 g/mol. The van der Waals surface area contributed by atoms with Gasteiger partial charge < -0.3 is 15.8 Å². The Morgan fingerprint density at radius 3 is 2.67 bits per heavy atom. The number of amides is 1. The molecule has 0 radical (unpaired) electrons. The lowest BCUT2D eigenvalue weighted by atomic mass is 10.1. The summed E-state index contributed by atoms with van der Waals surface area (Å²) in [5.41, 5.74) is 9.95. The smallest absolute Gasteiger partial charge is 0.228 e. The number of methoxy groups -OCH3 is 1. The molecule has 1 aromatic heterocycles. The SMILES string of the molecule is COc1ccc(NC(=O)Cc2c(C)nn(CC(C)C)c2C)cc1N. The first kappa shape index (κ1) is 17.8. The number of aryl methyl sites for hydroxylation is 1. The molecule has 24 heavy (non-hydrogen) atoms. The summed E-state index contributed by atoms with van der Waals surface area (Å²) in [4.78, 5) is 12.4. The predicted molar refractivity (Wildman–Crippen MR) is 96.3 cm³/mol. The number of ether oxygens (including phenoxy) is 1. The summed E-state index contributed by atoms with van der Waals surface area (Å²) in [7, 11) is 1.56. The van der Waals surface area contributed by atoms with E-state index in [1.54, 1.807) is 25.3 Å². The topological polar surface area (TPSA) is 82.2 Å². The van der Waals surface area contributed by atoms with E-state index in [0.29, 0.717) is 29.5 Å². The first-order valence-corrected chi connectivity index (χ1v) is 8.08. The Labute approximate surface area is 143 Å². The van der Waals surface area contributed by atoms with Crippen LogP contribution in [0.15, 0.2) is 18.2 Å². The van der Waals surface area contributed by atoms with E-state index in [2.05, 4.69) is 24.3 Å². The summed E-state index contributed by atoms with van der Waals surface area (Å²) in [6.45, 7) is 9.10.